The average Bonchev–Trinajstić information content (AvgIpc) is 3.67. The van der Waals surface area contributed by atoms with Gasteiger partial charge in [0.05, 0.1) is 30.9 Å². The van der Waals surface area contributed by atoms with E-state index in [1.54, 1.807) is 43.5 Å². The van der Waals surface area contributed by atoms with Crippen molar-refractivity contribution in [3.63, 3.8) is 0 Å². The second-order valence-corrected chi connectivity index (χ2v) is 13.8. The van der Waals surface area contributed by atoms with Gasteiger partial charge in [-0.15, -0.1) is 0 Å². The number of nitrogens with one attached hydrogen (secondary N) is 2. The number of aliphatic imine (C=N–C) groups is 1. The van der Waals surface area contributed by atoms with E-state index < -0.39 is 23.3 Å². The molecule has 4 atom stereocenters. The fourth-order valence-electron chi connectivity index (χ4n) is 7.93. The molecule has 1 spiro atoms. The van der Waals surface area contributed by atoms with E-state index in [-0.39, 0.29) is 22.9 Å². The standard InChI is InChI=1S/C36H38Cl2FN5O4/c1-47-14-15-48-13-12-41-34(45)21-8-10-23(27(40)16-21)28-18-30-33(42-28)31(24-6-3-7-26(38)32(24)39)36(44(30)19-20-4-2-5-20)25-11-9-22(37)17-29(25)43-35(36)46/h3,6-11,16-17,20,30-31,33H,2,4-5,12-15,18-19,40H2,1H3,(H,41,45)(H,43,46)/t30?,31-,33+,36+/m0/s1. The normalized spacial score (nSPS) is 24.7. The average molecular weight is 695 g/mol. The third kappa shape index (κ3) is 5.57. The highest BCUT2D eigenvalue weighted by atomic mass is 35.5. The lowest BCUT2D eigenvalue weighted by Crippen LogP contribution is -2.54. The van der Waals surface area contributed by atoms with Crippen LogP contribution >= 0.6 is 23.2 Å². The first kappa shape index (κ1) is 33.0. The molecule has 3 heterocycles. The molecule has 48 heavy (non-hydrogen) atoms. The molecule has 2 amide bonds. The topological polar surface area (TPSA) is 118 Å². The highest BCUT2D eigenvalue weighted by molar-refractivity contribution is 6.31. The molecule has 0 aromatic heterocycles. The quantitative estimate of drug-likeness (QED) is 0.173. The SMILES string of the molecule is COCCOCCNC(=O)c1ccc(C2=N[C@@H]3C(C2)N(CC2CCC2)[C@@]2(C(=O)Nc4cc(Cl)ccc42)[C@H]3c2cccc(Cl)c2F)c(N)c1. The Bertz CT molecular complexity index is 1780. The van der Waals surface area contributed by atoms with Crippen LogP contribution in [0.2, 0.25) is 10.0 Å². The van der Waals surface area contributed by atoms with E-state index in [1.165, 1.54) is 6.07 Å². The molecule has 4 N–H and O–H groups in total. The first-order valence-electron chi connectivity index (χ1n) is 16.4. The number of nitrogens with zero attached hydrogens (tertiary/aromatic N) is 2. The van der Waals surface area contributed by atoms with Crippen LogP contribution in [0.4, 0.5) is 15.8 Å². The van der Waals surface area contributed by atoms with Gasteiger partial charge in [0, 0.05) is 77.4 Å². The number of halogens is 3. The second-order valence-electron chi connectivity index (χ2n) is 13.0. The zero-order valence-corrected chi connectivity index (χ0v) is 28.1. The van der Waals surface area contributed by atoms with Crippen LogP contribution in [0.5, 0.6) is 0 Å². The fourth-order valence-corrected chi connectivity index (χ4v) is 8.29. The van der Waals surface area contributed by atoms with Crippen molar-refractivity contribution in [2.75, 3.05) is 51.1 Å². The van der Waals surface area contributed by atoms with Crippen molar-refractivity contribution in [3.05, 3.63) is 92.7 Å². The maximum Gasteiger partial charge on any atom is 0.251 e. The molecule has 12 heteroatoms. The predicted molar refractivity (Wildman–Crippen MR) is 185 cm³/mol. The Morgan fingerprint density at radius 3 is 2.73 bits per heavy atom. The molecule has 1 saturated carbocycles. The number of likely N-dealkylation sites (tertiary alicyclic amines) is 1. The summed E-state index contributed by atoms with van der Waals surface area (Å²) >= 11 is 12.8. The molecule has 4 aliphatic rings. The molecule has 1 saturated heterocycles. The number of methoxy groups -OCH3 is 1. The number of fused-ring (bicyclic) bond motifs is 3. The van der Waals surface area contributed by atoms with E-state index in [4.69, 9.17) is 43.4 Å². The number of ether oxygens (including phenoxy) is 2. The van der Waals surface area contributed by atoms with Crippen molar-refractivity contribution < 1.29 is 23.5 Å². The Hall–Kier alpha value is -3.54. The maximum atomic E-state index is 16.1. The highest BCUT2D eigenvalue weighted by Gasteiger charge is 2.68. The van der Waals surface area contributed by atoms with Crippen LogP contribution in [-0.4, -0.2) is 74.5 Å². The second kappa shape index (κ2) is 13.4. The van der Waals surface area contributed by atoms with Crippen LogP contribution in [0.1, 0.15) is 58.6 Å². The van der Waals surface area contributed by atoms with Gasteiger partial charge in [-0.3, -0.25) is 19.5 Å². The summed E-state index contributed by atoms with van der Waals surface area (Å²) in [6.45, 7) is 2.32. The molecule has 3 aliphatic heterocycles. The summed E-state index contributed by atoms with van der Waals surface area (Å²) < 4.78 is 26.5. The first-order valence-corrected chi connectivity index (χ1v) is 17.1. The number of hydrogen-bond donors (Lipinski definition) is 3. The van der Waals surface area contributed by atoms with Crippen molar-refractivity contribution in [2.45, 2.75) is 49.2 Å². The molecule has 0 bridgehead atoms. The minimum absolute atomic E-state index is 0.00627. The minimum atomic E-state index is -1.22. The lowest BCUT2D eigenvalue weighted by atomic mass is 9.73. The monoisotopic (exact) mass is 693 g/mol. The minimum Gasteiger partial charge on any atom is -0.398 e. The summed E-state index contributed by atoms with van der Waals surface area (Å²) in [5.74, 6) is -1.30. The van der Waals surface area contributed by atoms with Gasteiger partial charge < -0.3 is 25.8 Å². The molecule has 252 valence electrons. The van der Waals surface area contributed by atoms with Gasteiger partial charge in [0.15, 0.2) is 0 Å². The summed E-state index contributed by atoms with van der Waals surface area (Å²) in [6.07, 6.45) is 3.78. The van der Waals surface area contributed by atoms with E-state index in [0.29, 0.717) is 72.8 Å². The lowest BCUT2D eigenvalue weighted by Gasteiger charge is -2.43. The predicted octanol–water partition coefficient (Wildman–Crippen LogP) is 5.78. The number of rotatable bonds is 11. The van der Waals surface area contributed by atoms with Crippen molar-refractivity contribution in [2.24, 2.45) is 10.9 Å². The molecule has 1 unspecified atom stereocenters. The number of nitrogen functional groups attached to an aromatic ring is 1. The van der Waals surface area contributed by atoms with Crippen molar-refractivity contribution in [3.8, 4) is 0 Å². The van der Waals surface area contributed by atoms with Crippen LogP contribution in [0.25, 0.3) is 0 Å². The van der Waals surface area contributed by atoms with Crippen LogP contribution in [0.3, 0.4) is 0 Å². The fraction of sp³-hybridized carbons (Fsp3) is 0.417. The van der Waals surface area contributed by atoms with Crippen molar-refractivity contribution in [1.82, 2.24) is 10.2 Å². The van der Waals surface area contributed by atoms with Gasteiger partial charge in [0.2, 0.25) is 5.91 Å². The van der Waals surface area contributed by atoms with E-state index >= 15 is 4.39 Å². The van der Waals surface area contributed by atoms with Gasteiger partial charge in [-0.25, -0.2) is 4.39 Å². The summed E-state index contributed by atoms with van der Waals surface area (Å²) in [4.78, 5) is 34.8. The molecular formula is C36H38Cl2FN5O4. The first-order chi connectivity index (χ1) is 23.2. The molecule has 1 aliphatic carbocycles. The van der Waals surface area contributed by atoms with E-state index in [9.17, 15) is 9.59 Å². The number of carbonyl (C=O) groups excluding carboxylic acids is 2. The zero-order chi connectivity index (χ0) is 33.6. The summed E-state index contributed by atoms with van der Waals surface area (Å²) in [5, 5.41) is 6.43. The smallest absolute Gasteiger partial charge is 0.251 e. The van der Waals surface area contributed by atoms with Crippen LogP contribution in [0.15, 0.2) is 59.6 Å². The summed E-state index contributed by atoms with van der Waals surface area (Å²) in [5.41, 5.74) is 9.43. The Kier molecular flexibility index (Phi) is 9.21. The molecule has 2 fully saturated rings. The Morgan fingerprint density at radius 2 is 1.98 bits per heavy atom. The zero-order valence-electron chi connectivity index (χ0n) is 26.6. The Balaban J connectivity index is 1.26. The lowest BCUT2D eigenvalue weighted by molar-refractivity contribution is -0.128. The van der Waals surface area contributed by atoms with Crippen molar-refractivity contribution >= 4 is 52.1 Å². The number of anilines is 2. The van der Waals surface area contributed by atoms with Crippen LogP contribution < -0.4 is 16.4 Å². The van der Waals surface area contributed by atoms with E-state index in [0.717, 1.165) is 36.1 Å². The third-order valence-corrected chi connectivity index (χ3v) is 10.8. The van der Waals surface area contributed by atoms with Crippen LogP contribution in [-0.2, 0) is 19.8 Å². The van der Waals surface area contributed by atoms with Gasteiger partial charge in [-0.05, 0) is 54.7 Å². The van der Waals surface area contributed by atoms with Gasteiger partial charge in [-0.2, -0.15) is 0 Å². The molecule has 3 aromatic carbocycles. The maximum absolute atomic E-state index is 16.1. The number of hydrogen-bond acceptors (Lipinski definition) is 7. The number of amides is 2. The third-order valence-electron chi connectivity index (χ3n) is 10.3. The number of nitrogens with two attached hydrogens (primary N) is 1. The molecular weight excluding hydrogens is 656 g/mol. The molecule has 3 aromatic rings. The highest BCUT2D eigenvalue weighted by Crippen LogP contribution is 2.61. The Morgan fingerprint density at radius 1 is 1.15 bits per heavy atom. The molecule has 7 rings (SSSR count). The largest absolute Gasteiger partial charge is 0.398 e. The number of benzene rings is 3. The Labute approximate surface area is 289 Å². The van der Waals surface area contributed by atoms with Gasteiger partial charge in [-0.1, -0.05) is 53.9 Å². The number of carbonyl (C=O) groups is 2. The van der Waals surface area contributed by atoms with Crippen molar-refractivity contribution in [1.29, 1.82) is 0 Å². The van der Waals surface area contributed by atoms with Gasteiger partial charge in [0.1, 0.15) is 11.4 Å². The van der Waals surface area contributed by atoms with E-state index in [1.807, 2.05) is 12.1 Å². The summed E-state index contributed by atoms with van der Waals surface area (Å²) in [6, 6.07) is 14.9. The summed E-state index contributed by atoms with van der Waals surface area (Å²) in [7, 11) is 1.60. The van der Waals surface area contributed by atoms with Gasteiger partial charge >= 0.3 is 0 Å². The molecule has 0 radical (unpaired) electrons. The van der Waals surface area contributed by atoms with Gasteiger partial charge in [0.25, 0.3) is 5.91 Å². The van der Waals surface area contributed by atoms with E-state index in [2.05, 4.69) is 15.5 Å². The van der Waals surface area contributed by atoms with Crippen LogP contribution in [0, 0.1) is 11.7 Å². The molecule has 9 nitrogen and oxygen atoms in total.